The van der Waals surface area contributed by atoms with Crippen molar-refractivity contribution in [2.75, 3.05) is 18.4 Å². The molecule has 0 aliphatic carbocycles. The number of hydrogen-bond acceptors (Lipinski definition) is 4. The van der Waals surface area contributed by atoms with Gasteiger partial charge in [-0.25, -0.2) is 4.98 Å². The van der Waals surface area contributed by atoms with Crippen LogP contribution in [0.3, 0.4) is 0 Å². The lowest BCUT2D eigenvalue weighted by Crippen LogP contribution is -2.39. The van der Waals surface area contributed by atoms with Crippen LogP contribution in [-0.2, 0) is 4.79 Å². The van der Waals surface area contributed by atoms with Crippen LogP contribution in [0.4, 0.5) is 19.0 Å². The van der Waals surface area contributed by atoms with Crippen LogP contribution in [0.2, 0.25) is 0 Å². The van der Waals surface area contributed by atoms with E-state index in [2.05, 4.69) is 15.3 Å². The van der Waals surface area contributed by atoms with E-state index >= 15 is 0 Å². The van der Waals surface area contributed by atoms with Gasteiger partial charge in [-0.2, -0.15) is 13.2 Å². The van der Waals surface area contributed by atoms with Crippen molar-refractivity contribution in [3.63, 3.8) is 0 Å². The van der Waals surface area contributed by atoms with Crippen molar-refractivity contribution in [1.82, 2.24) is 14.9 Å². The molecule has 1 N–H and O–H groups in total. The number of likely N-dealkylation sites (tertiary alicyclic amines) is 1. The first-order valence-electron chi connectivity index (χ1n) is 6.76. The molecule has 116 valence electrons. The Labute approximate surface area is 124 Å². The van der Waals surface area contributed by atoms with Gasteiger partial charge in [0.25, 0.3) is 0 Å². The molecule has 1 aromatic carbocycles. The Kier molecular flexibility index (Phi) is 3.59. The maximum atomic E-state index is 12.4. The molecule has 0 radical (unpaired) electrons. The third kappa shape index (κ3) is 3.10. The number of hydrogen-bond donors (Lipinski definition) is 1. The fraction of sp³-hybridized carbons (Fsp3) is 0.357. The van der Waals surface area contributed by atoms with Gasteiger partial charge in [0, 0.05) is 6.54 Å². The number of fused-ring (bicyclic) bond motifs is 1. The molecule has 2 heterocycles. The predicted molar refractivity (Wildman–Crippen MR) is 74.2 cm³/mol. The Morgan fingerprint density at radius 3 is 2.73 bits per heavy atom. The standard InChI is InChI=1S/C14H13F3N4O/c15-14(16,17)8-21-6-5-11(13(21)22)20-12-7-18-9-3-1-2-4-10(9)19-12/h1-4,7,11H,5-6,8H2,(H,19,20)/t11-/m1/s1. The molecule has 0 saturated carbocycles. The molecule has 5 nitrogen and oxygen atoms in total. The molecule has 1 aromatic heterocycles. The van der Waals surface area contributed by atoms with Crippen molar-refractivity contribution in [1.29, 1.82) is 0 Å². The van der Waals surface area contributed by atoms with Gasteiger partial charge in [-0.3, -0.25) is 9.78 Å². The Hall–Kier alpha value is -2.38. The Morgan fingerprint density at radius 2 is 2.00 bits per heavy atom. The highest BCUT2D eigenvalue weighted by atomic mass is 19.4. The molecule has 0 unspecified atom stereocenters. The number of amides is 1. The van der Waals surface area contributed by atoms with Gasteiger partial charge in [0.05, 0.1) is 17.2 Å². The highest BCUT2D eigenvalue weighted by Gasteiger charge is 2.39. The molecular formula is C14H13F3N4O. The summed E-state index contributed by atoms with van der Waals surface area (Å²) >= 11 is 0. The number of anilines is 1. The molecule has 1 saturated heterocycles. The minimum absolute atomic E-state index is 0.0804. The maximum absolute atomic E-state index is 12.4. The highest BCUT2D eigenvalue weighted by molar-refractivity contribution is 5.87. The molecule has 1 aliphatic heterocycles. The van der Waals surface area contributed by atoms with E-state index in [1.165, 1.54) is 6.20 Å². The van der Waals surface area contributed by atoms with Crippen molar-refractivity contribution in [2.24, 2.45) is 0 Å². The average molecular weight is 310 g/mol. The van der Waals surface area contributed by atoms with Crippen LogP contribution < -0.4 is 5.32 Å². The van der Waals surface area contributed by atoms with E-state index < -0.39 is 24.7 Å². The van der Waals surface area contributed by atoms with Gasteiger partial charge in [-0.15, -0.1) is 0 Å². The first kappa shape index (κ1) is 14.6. The van der Waals surface area contributed by atoms with Crippen LogP contribution >= 0.6 is 0 Å². The van der Waals surface area contributed by atoms with Crippen molar-refractivity contribution < 1.29 is 18.0 Å². The lowest BCUT2D eigenvalue weighted by atomic mass is 10.2. The lowest BCUT2D eigenvalue weighted by Gasteiger charge is -2.18. The monoisotopic (exact) mass is 310 g/mol. The first-order chi connectivity index (χ1) is 10.4. The van der Waals surface area contributed by atoms with Gasteiger partial charge < -0.3 is 10.2 Å². The molecule has 1 atom stereocenters. The second kappa shape index (κ2) is 5.43. The molecule has 2 aromatic rings. The van der Waals surface area contributed by atoms with E-state index in [9.17, 15) is 18.0 Å². The SMILES string of the molecule is O=C1[C@H](Nc2cnc3ccccc3n2)CCN1CC(F)(F)F. The topological polar surface area (TPSA) is 58.1 Å². The van der Waals surface area contributed by atoms with E-state index in [1.54, 1.807) is 12.1 Å². The quantitative estimate of drug-likeness (QED) is 0.944. The summed E-state index contributed by atoms with van der Waals surface area (Å²) in [5, 5.41) is 2.87. The number of carbonyl (C=O) groups is 1. The zero-order valence-corrected chi connectivity index (χ0v) is 11.5. The maximum Gasteiger partial charge on any atom is 0.406 e. The third-order valence-electron chi connectivity index (χ3n) is 3.44. The summed E-state index contributed by atoms with van der Waals surface area (Å²) in [5.41, 5.74) is 1.37. The molecule has 22 heavy (non-hydrogen) atoms. The van der Waals surface area contributed by atoms with Crippen LogP contribution in [0.1, 0.15) is 6.42 Å². The minimum Gasteiger partial charge on any atom is -0.357 e. The van der Waals surface area contributed by atoms with Crippen molar-refractivity contribution in [3.05, 3.63) is 30.5 Å². The molecule has 1 aliphatic rings. The molecule has 1 fully saturated rings. The number of benzene rings is 1. The number of nitrogens with one attached hydrogen (secondary N) is 1. The first-order valence-corrected chi connectivity index (χ1v) is 6.76. The number of nitrogens with zero attached hydrogens (tertiary/aromatic N) is 3. The van der Waals surface area contributed by atoms with Crippen LogP contribution in [0.15, 0.2) is 30.5 Å². The van der Waals surface area contributed by atoms with Gasteiger partial charge in [-0.1, -0.05) is 12.1 Å². The van der Waals surface area contributed by atoms with E-state index in [1.807, 2.05) is 12.1 Å². The van der Waals surface area contributed by atoms with Crippen molar-refractivity contribution in [2.45, 2.75) is 18.6 Å². The van der Waals surface area contributed by atoms with Gasteiger partial charge in [0.15, 0.2) is 0 Å². The van der Waals surface area contributed by atoms with Crippen LogP contribution in [0.5, 0.6) is 0 Å². The number of carbonyl (C=O) groups excluding carboxylic acids is 1. The summed E-state index contributed by atoms with van der Waals surface area (Å²) in [4.78, 5) is 21.3. The van der Waals surface area contributed by atoms with E-state index in [0.717, 1.165) is 4.90 Å². The van der Waals surface area contributed by atoms with Crippen molar-refractivity contribution in [3.8, 4) is 0 Å². The molecule has 0 spiro atoms. The van der Waals surface area contributed by atoms with Crippen LogP contribution in [-0.4, -0.2) is 46.1 Å². The van der Waals surface area contributed by atoms with E-state index in [4.69, 9.17) is 0 Å². The average Bonchev–Trinajstić information content (AvgIpc) is 2.78. The van der Waals surface area contributed by atoms with Gasteiger partial charge in [-0.05, 0) is 18.6 Å². The van der Waals surface area contributed by atoms with Gasteiger partial charge in [0.2, 0.25) is 5.91 Å². The Bertz CT molecular complexity index is 704. The summed E-state index contributed by atoms with van der Waals surface area (Å²) in [5.74, 6) is -0.182. The molecule has 3 rings (SSSR count). The number of halogens is 3. The zero-order valence-electron chi connectivity index (χ0n) is 11.5. The fourth-order valence-electron chi connectivity index (χ4n) is 2.45. The van der Waals surface area contributed by atoms with E-state index in [-0.39, 0.29) is 6.54 Å². The predicted octanol–water partition coefficient (Wildman–Crippen LogP) is 2.20. The summed E-state index contributed by atoms with van der Waals surface area (Å²) in [6, 6.07) is 6.53. The molecule has 1 amide bonds. The smallest absolute Gasteiger partial charge is 0.357 e. The minimum atomic E-state index is -4.38. The Morgan fingerprint density at radius 1 is 1.27 bits per heavy atom. The molecule has 8 heteroatoms. The summed E-state index contributed by atoms with van der Waals surface area (Å²) in [6.07, 6.45) is -2.60. The second-order valence-corrected chi connectivity index (χ2v) is 5.10. The third-order valence-corrected chi connectivity index (χ3v) is 3.44. The highest BCUT2D eigenvalue weighted by Crippen LogP contribution is 2.22. The van der Waals surface area contributed by atoms with Crippen LogP contribution in [0.25, 0.3) is 11.0 Å². The summed E-state index contributed by atoms with van der Waals surface area (Å²) in [6.45, 7) is -1.13. The fourth-order valence-corrected chi connectivity index (χ4v) is 2.45. The summed E-state index contributed by atoms with van der Waals surface area (Å²) < 4.78 is 37.1. The summed E-state index contributed by atoms with van der Waals surface area (Å²) in [7, 11) is 0. The lowest BCUT2D eigenvalue weighted by molar-refractivity contribution is -0.157. The Balaban J connectivity index is 1.71. The van der Waals surface area contributed by atoms with E-state index in [0.29, 0.717) is 23.3 Å². The second-order valence-electron chi connectivity index (χ2n) is 5.10. The zero-order chi connectivity index (χ0) is 15.7. The normalized spacial score (nSPS) is 19.0. The number of alkyl halides is 3. The molecular weight excluding hydrogens is 297 g/mol. The van der Waals surface area contributed by atoms with Crippen LogP contribution in [0, 0.1) is 0 Å². The largest absolute Gasteiger partial charge is 0.406 e. The molecule has 0 bridgehead atoms. The number of aromatic nitrogens is 2. The van der Waals surface area contributed by atoms with Gasteiger partial charge >= 0.3 is 6.18 Å². The number of para-hydroxylation sites is 2. The van der Waals surface area contributed by atoms with Crippen molar-refractivity contribution >= 4 is 22.8 Å². The van der Waals surface area contributed by atoms with Gasteiger partial charge in [0.1, 0.15) is 18.4 Å². The number of rotatable bonds is 3.